The Hall–Kier alpha value is -5.86. The van der Waals surface area contributed by atoms with Crippen LogP contribution >= 0.6 is 0 Å². The highest BCUT2D eigenvalue weighted by atomic mass is 15.2. The topological polar surface area (TPSA) is 8.17 Å². The van der Waals surface area contributed by atoms with Gasteiger partial charge < -0.3 is 9.47 Å². The number of para-hydroxylation sites is 1. The molecule has 2 heteroatoms. The highest BCUT2D eigenvalue weighted by Crippen LogP contribution is 2.53. The van der Waals surface area contributed by atoms with Gasteiger partial charge in [0.15, 0.2) is 0 Å². The molecular weight excluding hydrogens is 617 g/mol. The van der Waals surface area contributed by atoms with E-state index in [1.165, 1.54) is 83.0 Å². The van der Waals surface area contributed by atoms with Crippen molar-refractivity contribution in [2.45, 2.75) is 44.6 Å². The summed E-state index contributed by atoms with van der Waals surface area (Å²) < 4.78 is 2.42. The van der Waals surface area contributed by atoms with Gasteiger partial charge in [-0.15, -0.1) is 0 Å². The van der Waals surface area contributed by atoms with E-state index < -0.39 is 0 Å². The van der Waals surface area contributed by atoms with Crippen molar-refractivity contribution in [2.75, 3.05) is 4.90 Å². The molecule has 1 heterocycles. The Morgan fingerprint density at radius 2 is 1.53 bits per heavy atom. The van der Waals surface area contributed by atoms with Crippen molar-refractivity contribution in [3.8, 4) is 16.8 Å². The predicted octanol–water partition coefficient (Wildman–Crippen LogP) is 12.7. The van der Waals surface area contributed by atoms with Crippen molar-refractivity contribution in [1.29, 1.82) is 0 Å². The average Bonchev–Trinajstić information content (AvgIpc) is 3.65. The van der Waals surface area contributed by atoms with E-state index in [1.54, 1.807) is 0 Å². The van der Waals surface area contributed by atoms with Crippen LogP contribution in [-0.2, 0) is 5.41 Å². The lowest BCUT2D eigenvalue weighted by Gasteiger charge is -2.39. The first kappa shape index (κ1) is 30.0. The van der Waals surface area contributed by atoms with Crippen LogP contribution in [0.15, 0.2) is 170 Å². The molecule has 0 radical (unpaired) electrons. The molecule has 0 spiro atoms. The summed E-state index contributed by atoms with van der Waals surface area (Å²) in [6, 6.07) is 47.3. The first-order valence-electron chi connectivity index (χ1n) is 18.4. The first-order chi connectivity index (χ1) is 25.1. The van der Waals surface area contributed by atoms with Gasteiger partial charge in [0.1, 0.15) is 0 Å². The standard InChI is InChI=1S/C49H40N2/c1-49(2)43-22-12-11-20-40(43)41-21-13-23-46(48(41)49)50(36-15-5-3-6-16-36)38-28-24-33(25-29-38)35-27-30-44-42(32-35)47-39-19-10-9-14-34(39)26-31-45(47)51(44)37-17-7-4-8-18-37/h3-5,7-15,17-28,30-32,38H,6,16,29H2,1-2H3. The summed E-state index contributed by atoms with van der Waals surface area (Å²) in [7, 11) is 0. The van der Waals surface area contributed by atoms with E-state index in [4.69, 9.17) is 0 Å². The number of aromatic nitrogens is 1. The highest BCUT2D eigenvalue weighted by molar-refractivity contribution is 6.21. The molecule has 0 fully saturated rings. The molecule has 2 nitrogen and oxygen atoms in total. The van der Waals surface area contributed by atoms with E-state index in [2.05, 4.69) is 187 Å². The number of rotatable bonds is 5. The van der Waals surface area contributed by atoms with Gasteiger partial charge in [0, 0.05) is 33.3 Å². The number of fused-ring (bicyclic) bond motifs is 8. The van der Waals surface area contributed by atoms with Crippen molar-refractivity contribution in [2.24, 2.45) is 0 Å². The number of anilines is 1. The maximum Gasteiger partial charge on any atom is 0.0557 e. The number of hydrogen-bond donors (Lipinski definition) is 0. The second-order valence-corrected chi connectivity index (χ2v) is 14.8. The van der Waals surface area contributed by atoms with Crippen LogP contribution in [-0.4, -0.2) is 10.6 Å². The zero-order valence-electron chi connectivity index (χ0n) is 29.2. The SMILES string of the molecule is CC1(C)c2ccccc2-c2cccc(N(C3=CC=CCC3)C3C=CC(c4ccc5c(c4)c4c6ccccc6ccc4n5-c4ccccc4)=CC3)c21. The molecule has 0 amide bonds. The van der Waals surface area contributed by atoms with Crippen LogP contribution in [0.1, 0.15) is 49.8 Å². The Kier molecular flexibility index (Phi) is 6.83. The second-order valence-electron chi connectivity index (χ2n) is 14.8. The third-order valence-electron chi connectivity index (χ3n) is 11.5. The molecule has 0 saturated carbocycles. The maximum absolute atomic E-state index is 2.66. The predicted molar refractivity (Wildman–Crippen MR) is 217 cm³/mol. The average molecular weight is 657 g/mol. The summed E-state index contributed by atoms with van der Waals surface area (Å²) in [4.78, 5) is 2.66. The number of nitrogens with zero attached hydrogens (tertiary/aromatic N) is 2. The molecule has 246 valence electrons. The monoisotopic (exact) mass is 656 g/mol. The van der Waals surface area contributed by atoms with Crippen LogP contribution in [0.3, 0.4) is 0 Å². The van der Waals surface area contributed by atoms with Gasteiger partial charge in [0.25, 0.3) is 0 Å². The Balaban J connectivity index is 1.07. The van der Waals surface area contributed by atoms with Crippen molar-refractivity contribution < 1.29 is 0 Å². The molecule has 6 aromatic carbocycles. The zero-order valence-corrected chi connectivity index (χ0v) is 29.2. The van der Waals surface area contributed by atoms with Gasteiger partial charge in [0.05, 0.1) is 17.1 Å². The normalized spacial score (nSPS) is 17.4. The summed E-state index contributed by atoms with van der Waals surface area (Å²) in [5.74, 6) is 0. The van der Waals surface area contributed by atoms with E-state index in [-0.39, 0.29) is 11.5 Å². The molecule has 0 saturated heterocycles. The van der Waals surface area contributed by atoms with Gasteiger partial charge >= 0.3 is 0 Å². The van der Waals surface area contributed by atoms with Gasteiger partial charge in [-0.05, 0) is 106 Å². The van der Waals surface area contributed by atoms with E-state index in [9.17, 15) is 0 Å². The van der Waals surface area contributed by atoms with Crippen LogP contribution in [0.25, 0.3) is 55.0 Å². The Labute approximate surface area is 300 Å². The van der Waals surface area contributed by atoms with Gasteiger partial charge in [-0.3, -0.25) is 0 Å². The van der Waals surface area contributed by atoms with E-state index >= 15 is 0 Å². The van der Waals surface area contributed by atoms with E-state index in [1.807, 2.05) is 0 Å². The Morgan fingerprint density at radius 3 is 2.37 bits per heavy atom. The van der Waals surface area contributed by atoms with Crippen LogP contribution in [0.5, 0.6) is 0 Å². The molecule has 10 rings (SSSR count). The second kappa shape index (κ2) is 11.6. The summed E-state index contributed by atoms with van der Waals surface area (Å²) >= 11 is 0. The number of benzene rings is 6. The molecule has 7 aromatic rings. The van der Waals surface area contributed by atoms with Crippen LogP contribution in [0.2, 0.25) is 0 Å². The Bertz CT molecular complexity index is 2640. The zero-order chi connectivity index (χ0) is 34.1. The molecule has 0 aliphatic heterocycles. The Morgan fingerprint density at radius 1 is 0.725 bits per heavy atom. The third kappa shape index (κ3) is 4.63. The van der Waals surface area contributed by atoms with Crippen molar-refractivity contribution in [3.05, 3.63) is 186 Å². The fourth-order valence-corrected chi connectivity index (χ4v) is 9.20. The third-order valence-corrected chi connectivity index (χ3v) is 11.5. The largest absolute Gasteiger partial charge is 0.338 e. The molecule has 1 aromatic heterocycles. The van der Waals surface area contributed by atoms with E-state index in [0.717, 1.165) is 19.3 Å². The lowest BCUT2D eigenvalue weighted by Crippen LogP contribution is -2.36. The minimum absolute atomic E-state index is 0.0796. The molecule has 0 bridgehead atoms. The van der Waals surface area contributed by atoms with Crippen LogP contribution in [0, 0.1) is 0 Å². The fourth-order valence-electron chi connectivity index (χ4n) is 9.20. The highest BCUT2D eigenvalue weighted by Gasteiger charge is 2.39. The molecule has 0 N–H and O–H groups in total. The fraction of sp³-hybridized carbons (Fsp3) is 0.143. The summed E-state index contributed by atoms with van der Waals surface area (Å²) in [5, 5.41) is 5.18. The summed E-state index contributed by atoms with van der Waals surface area (Å²) in [6.45, 7) is 4.80. The van der Waals surface area contributed by atoms with Crippen LogP contribution < -0.4 is 4.90 Å². The van der Waals surface area contributed by atoms with E-state index in [0.29, 0.717) is 0 Å². The van der Waals surface area contributed by atoms with Gasteiger partial charge in [-0.1, -0.05) is 135 Å². The van der Waals surface area contributed by atoms with Gasteiger partial charge in [-0.2, -0.15) is 0 Å². The quantitative estimate of drug-likeness (QED) is 0.179. The molecule has 1 unspecified atom stereocenters. The summed E-state index contributed by atoms with van der Waals surface area (Å²) in [5.41, 5.74) is 14.5. The molecular formula is C49H40N2. The molecule has 1 atom stereocenters. The smallest absolute Gasteiger partial charge is 0.0557 e. The van der Waals surface area contributed by atoms with Gasteiger partial charge in [-0.25, -0.2) is 0 Å². The van der Waals surface area contributed by atoms with Crippen LogP contribution in [0.4, 0.5) is 5.69 Å². The first-order valence-corrected chi connectivity index (χ1v) is 18.4. The number of allylic oxidation sites excluding steroid dienone is 6. The molecule has 51 heavy (non-hydrogen) atoms. The van der Waals surface area contributed by atoms with Gasteiger partial charge in [0.2, 0.25) is 0 Å². The van der Waals surface area contributed by atoms with Crippen molar-refractivity contribution in [1.82, 2.24) is 4.57 Å². The van der Waals surface area contributed by atoms with Crippen molar-refractivity contribution in [3.63, 3.8) is 0 Å². The minimum Gasteiger partial charge on any atom is -0.338 e. The number of hydrogen-bond acceptors (Lipinski definition) is 1. The lowest BCUT2D eigenvalue weighted by molar-refractivity contribution is 0.647. The maximum atomic E-state index is 2.66. The molecule has 3 aliphatic rings. The lowest BCUT2D eigenvalue weighted by atomic mass is 9.81. The summed E-state index contributed by atoms with van der Waals surface area (Å²) in [6.07, 6.45) is 17.2. The minimum atomic E-state index is -0.0796. The molecule has 3 aliphatic carbocycles. The van der Waals surface area contributed by atoms with Crippen molar-refractivity contribution >= 4 is 43.8 Å².